The third kappa shape index (κ3) is 3.83. The van der Waals surface area contributed by atoms with E-state index in [0.717, 1.165) is 19.3 Å². The van der Waals surface area contributed by atoms with E-state index in [2.05, 4.69) is 24.1 Å². The Kier molecular flexibility index (Phi) is 4.36. The van der Waals surface area contributed by atoms with E-state index < -0.39 is 0 Å². The molecule has 1 aliphatic carbocycles. The molecular formula is C14H18Cl2N2O. The van der Waals surface area contributed by atoms with Crippen LogP contribution in [0.5, 0.6) is 0 Å². The molecule has 1 heterocycles. The van der Waals surface area contributed by atoms with Gasteiger partial charge in [-0.3, -0.25) is 4.79 Å². The summed E-state index contributed by atoms with van der Waals surface area (Å²) in [5, 5.41) is 3.49. The van der Waals surface area contributed by atoms with Gasteiger partial charge in [0.05, 0.1) is 5.56 Å². The van der Waals surface area contributed by atoms with E-state index in [4.69, 9.17) is 23.2 Å². The molecule has 19 heavy (non-hydrogen) atoms. The number of nitrogens with one attached hydrogen (secondary N) is 1. The molecule has 1 aromatic rings. The van der Waals surface area contributed by atoms with Gasteiger partial charge in [0.2, 0.25) is 0 Å². The smallest absolute Gasteiger partial charge is 0.254 e. The van der Waals surface area contributed by atoms with Crippen LogP contribution in [0.15, 0.2) is 12.1 Å². The van der Waals surface area contributed by atoms with Crippen LogP contribution in [-0.2, 0) is 0 Å². The summed E-state index contributed by atoms with van der Waals surface area (Å²) in [6.07, 6.45) is 4.37. The molecule has 5 heteroatoms. The van der Waals surface area contributed by atoms with Crippen LogP contribution in [0.2, 0.25) is 10.3 Å². The number of amides is 1. The zero-order valence-corrected chi connectivity index (χ0v) is 12.7. The Labute approximate surface area is 123 Å². The summed E-state index contributed by atoms with van der Waals surface area (Å²) >= 11 is 11.7. The lowest BCUT2D eigenvalue weighted by atomic mass is 9.75. The van der Waals surface area contributed by atoms with Gasteiger partial charge < -0.3 is 5.32 Å². The number of rotatable bonds is 2. The minimum absolute atomic E-state index is 0.153. The molecule has 0 saturated heterocycles. The highest BCUT2D eigenvalue weighted by molar-refractivity contribution is 6.34. The van der Waals surface area contributed by atoms with Crippen LogP contribution in [0.3, 0.4) is 0 Å². The van der Waals surface area contributed by atoms with Crippen molar-refractivity contribution in [2.75, 3.05) is 0 Å². The maximum absolute atomic E-state index is 12.2. The zero-order valence-electron chi connectivity index (χ0n) is 11.2. The summed E-state index contributed by atoms with van der Waals surface area (Å²) in [6, 6.07) is 3.40. The maximum atomic E-state index is 12.2. The summed E-state index contributed by atoms with van der Waals surface area (Å²) < 4.78 is 0. The average molecular weight is 301 g/mol. The number of carbonyl (C=O) groups is 1. The maximum Gasteiger partial charge on any atom is 0.254 e. The molecule has 3 nitrogen and oxygen atoms in total. The number of aromatic nitrogens is 1. The molecule has 0 bridgehead atoms. The minimum Gasteiger partial charge on any atom is -0.349 e. The topological polar surface area (TPSA) is 42.0 Å². The molecule has 1 atom stereocenters. The zero-order chi connectivity index (χ0) is 14.0. The predicted molar refractivity (Wildman–Crippen MR) is 77.8 cm³/mol. The normalized spacial score (nSPS) is 22.0. The molecule has 1 saturated carbocycles. The SMILES string of the molecule is CC1(C)CCCC(NC(=O)c2ccc(Cl)nc2Cl)C1. The van der Waals surface area contributed by atoms with Crippen molar-refractivity contribution >= 4 is 29.1 Å². The van der Waals surface area contributed by atoms with Crippen LogP contribution < -0.4 is 5.32 Å². The van der Waals surface area contributed by atoms with Crippen molar-refractivity contribution in [3.8, 4) is 0 Å². The van der Waals surface area contributed by atoms with Crippen molar-refractivity contribution in [2.24, 2.45) is 5.41 Å². The van der Waals surface area contributed by atoms with Gasteiger partial charge in [0.1, 0.15) is 10.3 Å². The first-order valence-corrected chi connectivity index (χ1v) is 7.26. The van der Waals surface area contributed by atoms with Gasteiger partial charge in [-0.25, -0.2) is 4.98 Å². The standard InChI is InChI=1S/C14H18Cl2N2O/c1-14(2)7-3-4-9(8-14)17-13(19)10-5-6-11(15)18-12(10)16/h5-6,9H,3-4,7-8H2,1-2H3,(H,17,19). The van der Waals surface area contributed by atoms with Crippen molar-refractivity contribution in [3.63, 3.8) is 0 Å². The van der Waals surface area contributed by atoms with Crippen LogP contribution in [0.4, 0.5) is 0 Å². The number of hydrogen-bond acceptors (Lipinski definition) is 2. The Bertz CT molecular complexity index is 488. The van der Waals surface area contributed by atoms with Crippen molar-refractivity contribution in [2.45, 2.75) is 45.6 Å². The summed E-state index contributed by atoms with van der Waals surface area (Å²) in [6.45, 7) is 4.48. The van der Waals surface area contributed by atoms with E-state index in [1.54, 1.807) is 12.1 Å². The lowest BCUT2D eigenvalue weighted by Crippen LogP contribution is -2.40. The van der Waals surface area contributed by atoms with Gasteiger partial charge in [0.15, 0.2) is 0 Å². The van der Waals surface area contributed by atoms with Crippen molar-refractivity contribution < 1.29 is 4.79 Å². The monoisotopic (exact) mass is 300 g/mol. The fraction of sp³-hybridized carbons (Fsp3) is 0.571. The first kappa shape index (κ1) is 14.6. The molecule has 1 N–H and O–H groups in total. The van der Waals surface area contributed by atoms with Crippen molar-refractivity contribution in [1.82, 2.24) is 10.3 Å². The van der Waals surface area contributed by atoms with Crippen LogP contribution in [0.25, 0.3) is 0 Å². The number of carbonyl (C=O) groups excluding carboxylic acids is 1. The van der Waals surface area contributed by atoms with Crippen molar-refractivity contribution in [1.29, 1.82) is 0 Å². The minimum atomic E-state index is -0.170. The highest BCUT2D eigenvalue weighted by Crippen LogP contribution is 2.35. The van der Waals surface area contributed by atoms with E-state index in [9.17, 15) is 4.79 Å². The van der Waals surface area contributed by atoms with Gasteiger partial charge in [-0.1, -0.05) is 43.5 Å². The van der Waals surface area contributed by atoms with Gasteiger partial charge in [0, 0.05) is 6.04 Å². The van der Waals surface area contributed by atoms with Crippen LogP contribution in [0, 0.1) is 5.41 Å². The molecule has 0 radical (unpaired) electrons. The molecule has 1 aromatic heterocycles. The number of hydrogen-bond donors (Lipinski definition) is 1. The highest BCUT2D eigenvalue weighted by atomic mass is 35.5. The molecule has 0 aliphatic heterocycles. The largest absolute Gasteiger partial charge is 0.349 e. The van der Waals surface area contributed by atoms with E-state index in [1.807, 2.05) is 0 Å². The fourth-order valence-electron chi connectivity index (χ4n) is 2.67. The van der Waals surface area contributed by atoms with Crippen LogP contribution >= 0.6 is 23.2 Å². The molecule has 2 rings (SSSR count). The summed E-state index contributed by atoms with van der Waals surface area (Å²) in [5.41, 5.74) is 0.674. The van der Waals surface area contributed by atoms with E-state index in [-0.39, 0.29) is 22.5 Å². The Hall–Kier alpha value is -0.800. The van der Waals surface area contributed by atoms with Gasteiger partial charge in [-0.15, -0.1) is 0 Å². The Morgan fingerprint density at radius 3 is 2.79 bits per heavy atom. The third-order valence-corrected chi connectivity index (χ3v) is 4.10. The molecule has 1 unspecified atom stereocenters. The lowest BCUT2D eigenvalue weighted by molar-refractivity contribution is 0.0902. The Morgan fingerprint density at radius 2 is 2.16 bits per heavy atom. The second kappa shape index (κ2) is 5.68. The summed E-state index contributed by atoms with van der Waals surface area (Å²) in [5.74, 6) is -0.170. The fourth-order valence-corrected chi connectivity index (χ4v) is 3.10. The lowest BCUT2D eigenvalue weighted by Gasteiger charge is -2.35. The molecule has 104 valence electrons. The Balaban J connectivity index is 2.04. The number of halogens is 2. The summed E-state index contributed by atoms with van der Waals surface area (Å²) in [7, 11) is 0. The van der Waals surface area contributed by atoms with Gasteiger partial charge in [-0.2, -0.15) is 0 Å². The second-order valence-electron chi connectivity index (χ2n) is 5.90. The highest BCUT2D eigenvalue weighted by Gasteiger charge is 2.29. The second-order valence-corrected chi connectivity index (χ2v) is 6.65. The van der Waals surface area contributed by atoms with E-state index >= 15 is 0 Å². The Morgan fingerprint density at radius 1 is 1.42 bits per heavy atom. The van der Waals surface area contributed by atoms with Gasteiger partial charge in [-0.05, 0) is 36.8 Å². The third-order valence-electron chi connectivity index (χ3n) is 3.60. The predicted octanol–water partition coefficient (Wildman–Crippen LogP) is 4.09. The quantitative estimate of drug-likeness (QED) is 0.836. The van der Waals surface area contributed by atoms with E-state index in [1.165, 1.54) is 6.42 Å². The van der Waals surface area contributed by atoms with Crippen molar-refractivity contribution in [3.05, 3.63) is 28.0 Å². The van der Waals surface area contributed by atoms with Gasteiger partial charge in [0.25, 0.3) is 5.91 Å². The number of nitrogens with zero attached hydrogens (tertiary/aromatic N) is 1. The average Bonchev–Trinajstić information content (AvgIpc) is 2.27. The number of pyridine rings is 1. The molecule has 0 aromatic carbocycles. The van der Waals surface area contributed by atoms with Crippen LogP contribution in [0.1, 0.15) is 49.9 Å². The summed E-state index contributed by atoms with van der Waals surface area (Å²) in [4.78, 5) is 16.1. The molecule has 1 aliphatic rings. The van der Waals surface area contributed by atoms with E-state index in [0.29, 0.717) is 10.7 Å². The molecule has 1 fully saturated rings. The molecule has 0 spiro atoms. The molecule has 1 amide bonds. The first-order valence-electron chi connectivity index (χ1n) is 6.50. The van der Waals surface area contributed by atoms with Crippen LogP contribution in [-0.4, -0.2) is 16.9 Å². The molecular weight excluding hydrogens is 283 g/mol. The first-order chi connectivity index (χ1) is 8.87. The van der Waals surface area contributed by atoms with Gasteiger partial charge >= 0.3 is 0 Å².